The normalized spacial score (nSPS) is 15.8. The zero-order valence-corrected chi connectivity index (χ0v) is 20.8. The predicted molar refractivity (Wildman–Crippen MR) is 136 cm³/mol. The van der Waals surface area contributed by atoms with Crippen LogP contribution in [0.4, 0.5) is 0 Å². The number of ether oxygens (including phenoxy) is 2. The number of nitrogens with zero attached hydrogens (tertiary/aromatic N) is 3. The van der Waals surface area contributed by atoms with Crippen molar-refractivity contribution in [2.75, 3.05) is 13.7 Å². The number of hydrogen-bond donors (Lipinski definition) is 0. The highest BCUT2D eigenvalue weighted by Crippen LogP contribution is 2.31. The van der Waals surface area contributed by atoms with Crippen LogP contribution in [0.15, 0.2) is 75.8 Å². The fraction of sp³-hybridized carbons (Fsp3) is 0.222. The molecule has 0 bridgehead atoms. The van der Waals surface area contributed by atoms with Gasteiger partial charge in [-0.3, -0.25) is 9.36 Å². The summed E-state index contributed by atoms with van der Waals surface area (Å²) in [4.78, 5) is 32.0. The number of rotatable bonds is 5. The van der Waals surface area contributed by atoms with Gasteiger partial charge in [0.05, 0.1) is 35.6 Å². The minimum absolute atomic E-state index is 0.197. The molecule has 7 nitrogen and oxygen atoms in total. The van der Waals surface area contributed by atoms with Gasteiger partial charge in [-0.15, -0.1) is 0 Å². The summed E-state index contributed by atoms with van der Waals surface area (Å²) in [6, 6.07) is 14.8. The molecule has 1 aliphatic heterocycles. The maximum absolute atomic E-state index is 13.8. The minimum Gasteiger partial charge on any atom is -0.497 e. The number of thiazole rings is 1. The number of carbonyl (C=O) groups excluding carboxylic acids is 1. The van der Waals surface area contributed by atoms with Crippen molar-refractivity contribution in [2.45, 2.75) is 19.9 Å². The van der Waals surface area contributed by atoms with E-state index in [1.54, 1.807) is 25.5 Å². The van der Waals surface area contributed by atoms with Crippen molar-refractivity contribution in [1.29, 1.82) is 0 Å². The third-order valence-electron chi connectivity index (χ3n) is 6.16. The first kappa shape index (κ1) is 22.9. The number of esters is 1. The lowest BCUT2D eigenvalue weighted by molar-refractivity contribution is -0.139. The van der Waals surface area contributed by atoms with Crippen LogP contribution in [0.2, 0.25) is 0 Å². The van der Waals surface area contributed by atoms with Crippen LogP contribution in [-0.4, -0.2) is 28.8 Å². The van der Waals surface area contributed by atoms with Crippen LogP contribution < -0.4 is 19.6 Å². The lowest BCUT2D eigenvalue weighted by atomic mass is 9.96. The molecule has 0 amide bonds. The number of hydrogen-bond acceptors (Lipinski definition) is 6. The second-order valence-electron chi connectivity index (χ2n) is 8.29. The smallest absolute Gasteiger partial charge is 0.338 e. The summed E-state index contributed by atoms with van der Waals surface area (Å²) < 4.78 is 14.8. The van der Waals surface area contributed by atoms with Gasteiger partial charge in [0.2, 0.25) is 0 Å². The summed E-state index contributed by atoms with van der Waals surface area (Å²) >= 11 is 1.32. The Morgan fingerprint density at radius 1 is 1.17 bits per heavy atom. The highest BCUT2D eigenvalue weighted by molar-refractivity contribution is 7.07. The van der Waals surface area contributed by atoms with Gasteiger partial charge in [-0.25, -0.2) is 9.79 Å². The van der Waals surface area contributed by atoms with Crippen molar-refractivity contribution >= 4 is 34.3 Å². The molecule has 0 N–H and O–H groups in total. The Balaban J connectivity index is 1.74. The van der Waals surface area contributed by atoms with Crippen LogP contribution in [-0.2, 0) is 16.6 Å². The lowest BCUT2D eigenvalue weighted by Gasteiger charge is -2.24. The summed E-state index contributed by atoms with van der Waals surface area (Å²) in [6.45, 7) is 3.77. The van der Waals surface area contributed by atoms with Crippen molar-refractivity contribution in [2.24, 2.45) is 12.0 Å². The summed E-state index contributed by atoms with van der Waals surface area (Å²) in [6.07, 6.45) is 3.92. The van der Waals surface area contributed by atoms with Gasteiger partial charge in [0.25, 0.3) is 5.56 Å². The minimum atomic E-state index is -0.647. The Hall–Kier alpha value is -3.91. The average molecular weight is 488 g/mol. The number of benzene rings is 2. The van der Waals surface area contributed by atoms with Gasteiger partial charge in [-0.1, -0.05) is 41.7 Å². The quantitative estimate of drug-likeness (QED) is 0.405. The number of aryl methyl sites for hydroxylation is 1. The van der Waals surface area contributed by atoms with E-state index in [0.29, 0.717) is 26.4 Å². The molecule has 0 saturated carbocycles. The second kappa shape index (κ2) is 9.03. The zero-order chi connectivity index (χ0) is 24.7. The van der Waals surface area contributed by atoms with Crippen molar-refractivity contribution < 1.29 is 14.3 Å². The summed E-state index contributed by atoms with van der Waals surface area (Å²) in [5, 5.41) is 1.07. The number of aromatic nitrogens is 2. The third-order valence-corrected chi connectivity index (χ3v) is 7.15. The average Bonchev–Trinajstić information content (AvgIpc) is 3.34. The van der Waals surface area contributed by atoms with Gasteiger partial charge >= 0.3 is 5.97 Å². The first-order valence-electron chi connectivity index (χ1n) is 11.3. The Kier molecular flexibility index (Phi) is 5.90. The van der Waals surface area contributed by atoms with E-state index in [-0.39, 0.29) is 12.2 Å². The first-order chi connectivity index (χ1) is 16.9. The Bertz CT molecular complexity index is 1660. The molecule has 0 fully saturated rings. The van der Waals surface area contributed by atoms with Crippen molar-refractivity contribution in [3.8, 4) is 5.75 Å². The number of allylic oxidation sites excluding steroid dienone is 1. The number of para-hydroxylation sites is 1. The number of carbonyl (C=O) groups is 1. The molecule has 5 rings (SSSR count). The molecule has 8 heteroatoms. The van der Waals surface area contributed by atoms with E-state index in [1.165, 1.54) is 11.3 Å². The molecule has 2 aromatic heterocycles. The number of methoxy groups -OCH3 is 1. The Labute approximate surface area is 205 Å². The van der Waals surface area contributed by atoms with Gasteiger partial charge in [-0.05, 0) is 43.7 Å². The molecule has 1 atom stereocenters. The standard InChI is InChI=1S/C27H25N3O4S/c1-5-34-26(32)23-16(2)28-27-30(24(23)17-10-12-19(33-4)13-11-17)25(31)22(35-27)14-18-15-29(3)21-9-7-6-8-20(18)21/h6-15,24H,5H2,1-4H3/b22-14+. The Morgan fingerprint density at radius 3 is 2.63 bits per heavy atom. The molecule has 3 heterocycles. The van der Waals surface area contributed by atoms with Crippen LogP contribution in [0.3, 0.4) is 0 Å². The molecule has 2 aromatic carbocycles. The van der Waals surface area contributed by atoms with Gasteiger partial charge in [0, 0.05) is 29.7 Å². The summed E-state index contributed by atoms with van der Waals surface area (Å²) in [5.41, 5.74) is 3.53. The van der Waals surface area contributed by atoms with Gasteiger partial charge in [0.1, 0.15) is 5.75 Å². The van der Waals surface area contributed by atoms with Gasteiger partial charge in [-0.2, -0.15) is 0 Å². The van der Waals surface area contributed by atoms with Crippen LogP contribution in [0, 0.1) is 0 Å². The summed E-state index contributed by atoms with van der Waals surface area (Å²) in [7, 11) is 3.58. The monoisotopic (exact) mass is 487 g/mol. The largest absolute Gasteiger partial charge is 0.497 e. The molecular weight excluding hydrogens is 462 g/mol. The van der Waals surface area contributed by atoms with Crippen LogP contribution in [0.5, 0.6) is 5.75 Å². The fourth-order valence-electron chi connectivity index (χ4n) is 4.52. The van der Waals surface area contributed by atoms with E-state index in [2.05, 4.69) is 4.99 Å². The van der Waals surface area contributed by atoms with Crippen molar-refractivity contribution in [1.82, 2.24) is 9.13 Å². The maximum atomic E-state index is 13.8. The van der Waals surface area contributed by atoms with E-state index in [4.69, 9.17) is 9.47 Å². The summed E-state index contributed by atoms with van der Waals surface area (Å²) in [5.74, 6) is 0.216. The van der Waals surface area contributed by atoms with Gasteiger partial charge < -0.3 is 14.0 Å². The van der Waals surface area contributed by atoms with Crippen LogP contribution >= 0.6 is 11.3 Å². The molecule has 35 heavy (non-hydrogen) atoms. The topological polar surface area (TPSA) is 74.8 Å². The molecule has 0 radical (unpaired) electrons. The fourth-order valence-corrected chi connectivity index (χ4v) is 5.56. The molecule has 1 unspecified atom stereocenters. The van der Waals surface area contributed by atoms with E-state index in [0.717, 1.165) is 22.0 Å². The van der Waals surface area contributed by atoms with E-state index >= 15 is 0 Å². The SMILES string of the molecule is CCOC(=O)C1=C(C)N=c2s/c(=C/c3cn(C)c4ccccc34)c(=O)n2C1c1ccc(OC)cc1. The molecule has 0 saturated heterocycles. The van der Waals surface area contributed by atoms with Crippen LogP contribution in [0.25, 0.3) is 17.0 Å². The third kappa shape index (κ3) is 3.89. The van der Waals surface area contributed by atoms with E-state index in [9.17, 15) is 9.59 Å². The van der Waals surface area contributed by atoms with Crippen LogP contribution in [0.1, 0.15) is 31.0 Å². The molecule has 0 aliphatic carbocycles. The van der Waals surface area contributed by atoms with Crippen molar-refractivity contribution in [3.63, 3.8) is 0 Å². The molecule has 4 aromatic rings. The molecule has 1 aliphatic rings. The predicted octanol–water partition coefficient (Wildman–Crippen LogP) is 3.30. The Morgan fingerprint density at radius 2 is 1.91 bits per heavy atom. The molecule has 0 spiro atoms. The zero-order valence-electron chi connectivity index (χ0n) is 19.9. The second-order valence-corrected chi connectivity index (χ2v) is 9.30. The highest BCUT2D eigenvalue weighted by atomic mass is 32.1. The molecular formula is C27H25N3O4S. The lowest BCUT2D eigenvalue weighted by Crippen LogP contribution is -2.39. The molecule has 178 valence electrons. The maximum Gasteiger partial charge on any atom is 0.338 e. The van der Waals surface area contributed by atoms with Gasteiger partial charge in [0.15, 0.2) is 4.80 Å². The highest BCUT2D eigenvalue weighted by Gasteiger charge is 2.33. The van der Waals surface area contributed by atoms with Crippen molar-refractivity contribution in [3.05, 3.63) is 96.8 Å². The number of fused-ring (bicyclic) bond motifs is 2. The first-order valence-corrected chi connectivity index (χ1v) is 12.1. The van der Waals surface area contributed by atoms with E-state index in [1.807, 2.05) is 72.4 Å². The van der Waals surface area contributed by atoms with E-state index < -0.39 is 12.0 Å².